The van der Waals surface area contributed by atoms with E-state index in [1.54, 1.807) is 20.1 Å². The number of hydrogen-bond donors (Lipinski definition) is 1. The first-order valence-corrected chi connectivity index (χ1v) is 9.39. The van der Waals surface area contributed by atoms with Gasteiger partial charge >= 0.3 is 0 Å². The van der Waals surface area contributed by atoms with Crippen LogP contribution in [0.4, 0.5) is 0 Å². The number of carbonyl (C=O) groups is 1. The third-order valence-corrected chi connectivity index (χ3v) is 4.80. The Kier molecular flexibility index (Phi) is 7.12. The Balaban J connectivity index is 2.88. The predicted octanol–water partition coefficient (Wildman–Crippen LogP) is 2.84. The second kappa shape index (κ2) is 8.12. The molecule has 118 valence electrons. The van der Waals surface area contributed by atoms with E-state index in [1.807, 2.05) is 0 Å². The Morgan fingerprint density at radius 1 is 1.38 bits per heavy atom. The molecule has 1 aromatic carbocycles. The maximum absolute atomic E-state index is 12.1. The molecule has 1 rings (SSSR count). The van der Waals surface area contributed by atoms with E-state index in [-0.39, 0.29) is 16.4 Å². The Labute approximate surface area is 137 Å². The second-order valence-electron chi connectivity index (χ2n) is 4.47. The molecule has 0 radical (unpaired) electrons. The Morgan fingerprint density at radius 3 is 2.62 bits per heavy atom. The van der Waals surface area contributed by atoms with Crippen LogP contribution < -0.4 is 5.32 Å². The van der Waals surface area contributed by atoms with Crippen LogP contribution in [0.5, 0.6) is 0 Å². The minimum Gasteiger partial charge on any atom is -0.385 e. The highest BCUT2D eigenvalue weighted by atomic mass is 79.9. The molecule has 0 saturated heterocycles. The van der Waals surface area contributed by atoms with E-state index in [9.17, 15) is 13.2 Å². The monoisotopic (exact) mass is 397 g/mol. The van der Waals surface area contributed by atoms with E-state index in [4.69, 9.17) is 15.4 Å². The average Bonchev–Trinajstić information content (AvgIpc) is 2.39. The minimum atomic E-state index is -3.90. The van der Waals surface area contributed by atoms with Crippen molar-refractivity contribution in [1.82, 2.24) is 5.32 Å². The molecule has 1 amide bonds. The van der Waals surface area contributed by atoms with Crippen LogP contribution in [0, 0.1) is 6.92 Å². The van der Waals surface area contributed by atoms with Gasteiger partial charge in [-0.05, 0) is 37.5 Å². The highest BCUT2D eigenvalue weighted by molar-refractivity contribution is 9.10. The van der Waals surface area contributed by atoms with Gasteiger partial charge in [-0.25, -0.2) is 8.42 Å². The number of halogens is 2. The van der Waals surface area contributed by atoms with Crippen molar-refractivity contribution in [1.29, 1.82) is 0 Å². The lowest BCUT2D eigenvalue weighted by Gasteiger charge is -2.11. The first-order chi connectivity index (χ1) is 9.77. The number of hydrogen-bond acceptors (Lipinski definition) is 4. The smallest absolute Gasteiger partial charge is 0.261 e. The molecule has 0 aromatic heterocycles. The molecule has 1 aromatic rings. The number of nitrogens with one attached hydrogen (secondary N) is 1. The summed E-state index contributed by atoms with van der Waals surface area (Å²) in [4.78, 5) is 12.1. The predicted molar refractivity (Wildman–Crippen MR) is 85.4 cm³/mol. The lowest BCUT2D eigenvalue weighted by atomic mass is 10.1. The third-order valence-electron chi connectivity index (χ3n) is 2.89. The van der Waals surface area contributed by atoms with Crippen molar-refractivity contribution < 1.29 is 17.9 Å². The molecular weight excluding hydrogens is 382 g/mol. The van der Waals surface area contributed by atoms with E-state index in [1.165, 1.54) is 6.07 Å². The SMILES string of the molecule is COCCCCNC(=O)c1cc(Br)cc(S(=O)(=O)Cl)c1C. The fraction of sp³-hybridized carbons (Fsp3) is 0.462. The number of ether oxygens (including phenoxy) is 1. The van der Waals surface area contributed by atoms with Crippen molar-refractivity contribution in [2.24, 2.45) is 0 Å². The molecule has 21 heavy (non-hydrogen) atoms. The van der Waals surface area contributed by atoms with Gasteiger partial charge in [-0.2, -0.15) is 0 Å². The molecule has 5 nitrogen and oxygen atoms in total. The largest absolute Gasteiger partial charge is 0.385 e. The summed E-state index contributed by atoms with van der Waals surface area (Å²) in [6.45, 7) is 2.69. The van der Waals surface area contributed by atoms with E-state index in [2.05, 4.69) is 21.2 Å². The van der Waals surface area contributed by atoms with Crippen molar-refractivity contribution in [3.63, 3.8) is 0 Å². The standard InChI is InChI=1S/C13H17BrClNO4S/c1-9-11(13(17)16-5-3-4-6-20-2)7-10(14)8-12(9)21(15,18)19/h7-8H,3-6H2,1-2H3,(H,16,17). The van der Waals surface area contributed by atoms with Crippen molar-refractivity contribution in [2.75, 3.05) is 20.3 Å². The molecule has 0 aliphatic carbocycles. The fourth-order valence-corrected chi connectivity index (χ4v) is 3.65. The summed E-state index contributed by atoms with van der Waals surface area (Å²) in [6.07, 6.45) is 1.63. The van der Waals surface area contributed by atoms with Crippen molar-refractivity contribution in [3.8, 4) is 0 Å². The van der Waals surface area contributed by atoms with Crippen molar-refractivity contribution in [3.05, 3.63) is 27.7 Å². The van der Waals surface area contributed by atoms with E-state index in [0.717, 1.165) is 12.8 Å². The third kappa shape index (κ3) is 5.58. The highest BCUT2D eigenvalue weighted by Crippen LogP contribution is 2.27. The second-order valence-corrected chi connectivity index (χ2v) is 7.92. The van der Waals surface area contributed by atoms with Gasteiger partial charge < -0.3 is 10.1 Å². The van der Waals surface area contributed by atoms with Crippen LogP contribution in [-0.2, 0) is 13.8 Å². The highest BCUT2D eigenvalue weighted by Gasteiger charge is 2.20. The van der Waals surface area contributed by atoms with Crippen LogP contribution in [0.15, 0.2) is 21.5 Å². The Morgan fingerprint density at radius 2 is 2.05 bits per heavy atom. The number of rotatable bonds is 7. The average molecular weight is 399 g/mol. The zero-order valence-electron chi connectivity index (χ0n) is 11.8. The molecule has 0 aliphatic rings. The molecule has 1 N–H and O–H groups in total. The number of carbonyl (C=O) groups excluding carboxylic acids is 1. The van der Waals surface area contributed by atoms with Gasteiger partial charge in [0.25, 0.3) is 15.0 Å². The molecule has 0 spiro atoms. The summed E-state index contributed by atoms with van der Waals surface area (Å²) in [5.41, 5.74) is 0.623. The zero-order chi connectivity index (χ0) is 16.0. The molecule has 0 fully saturated rings. The lowest BCUT2D eigenvalue weighted by molar-refractivity contribution is 0.0950. The van der Waals surface area contributed by atoms with Crippen molar-refractivity contribution in [2.45, 2.75) is 24.7 Å². The topological polar surface area (TPSA) is 72.5 Å². The van der Waals surface area contributed by atoms with Crippen LogP contribution in [0.25, 0.3) is 0 Å². The summed E-state index contributed by atoms with van der Waals surface area (Å²) in [5.74, 6) is -0.326. The van der Waals surface area contributed by atoms with Gasteiger partial charge in [0.2, 0.25) is 0 Å². The van der Waals surface area contributed by atoms with E-state index < -0.39 is 9.05 Å². The number of unbranched alkanes of at least 4 members (excludes halogenated alkanes) is 1. The summed E-state index contributed by atoms with van der Waals surface area (Å²) in [7, 11) is 3.10. The van der Waals surface area contributed by atoms with Crippen LogP contribution in [0.2, 0.25) is 0 Å². The van der Waals surface area contributed by atoms with Gasteiger partial charge in [-0.1, -0.05) is 15.9 Å². The van der Waals surface area contributed by atoms with Gasteiger partial charge in [0.05, 0.1) is 4.90 Å². The van der Waals surface area contributed by atoms with Crippen LogP contribution >= 0.6 is 26.6 Å². The van der Waals surface area contributed by atoms with Gasteiger partial charge in [-0.15, -0.1) is 0 Å². The Bertz CT molecular complexity index is 619. The minimum absolute atomic E-state index is 0.0666. The van der Waals surface area contributed by atoms with Gasteiger partial charge in [0, 0.05) is 41.0 Å². The van der Waals surface area contributed by atoms with Crippen LogP contribution in [-0.4, -0.2) is 34.6 Å². The van der Waals surface area contributed by atoms with Crippen LogP contribution in [0.3, 0.4) is 0 Å². The zero-order valence-corrected chi connectivity index (χ0v) is 14.9. The molecule has 8 heteroatoms. The molecule has 0 heterocycles. The first kappa shape index (κ1) is 18.4. The molecular formula is C13H17BrClNO4S. The molecule has 0 unspecified atom stereocenters. The first-order valence-electron chi connectivity index (χ1n) is 6.29. The quantitative estimate of drug-likeness (QED) is 0.566. The fourth-order valence-electron chi connectivity index (χ4n) is 1.81. The maximum Gasteiger partial charge on any atom is 0.261 e. The van der Waals surface area contributed by atoms with Gasteiger partial charge in [0.15, 0.2) is 0 Å². The van der Waals surface area contributed by atoms with E-state index in [0.29, 0.717) is 23.2 Å². The van der Waals surface area contributed by atoms with Gasteiger partial charge in [-0.3, -0.25) is 4.79 Å². The number of methoxy groups -OCH3 is 1. The molecule has 0 aliphatic heterocycles. The van der Waals surface area contributed by atoms with Crippen LogP contribution in [0.1, 0.15) is 28.8 Å². The normalized spacial score (nSPS) is 11.4. The Hall–Kier alpha value is -0.630. The molecule has 0 saturated carbocycles. The summed E-state index contributed by atoms with van der Waals surface area (Å²) in [5, 5.41) is 2.75. The summed E-state index contributed by atoms with van der Waals surface area (Å²) < 4.78 is 28.4. The molecule has 0 bridgehead atoms. The summed E-state index contributed by atoms with van der Waals surface area (Å²) >= 11 is 3.19. The lowest BCUT2D eigenvalue weighted by Crippen LogP contribution is -2.25. The molecule has 0 atom stereocenters. The van der Waals surface area contributed by atoms with Gasteiger partial charge in [0.1, 0.15) is 0 Å². The maximum atomic E-state index is 12.1. The number of benzene rings is 1. The number of amides is 1. The van der Waals surface area contributed by atoms with E-state index >= 15 is 0 Å². The summed E-state index contributed by atoms with van der Waals surface area (Å²) in [6, 6.07) is 2.96. The van der Waals surface area contributed by atoms with Crippen molar-refractivity contribution >= 4 is 41.6 Å².